The molecular formula is C17H14F3NO4. The van der Waals surface area contributed by atoms with Crippen molar-refractivity contribution in [3.05, 3.63) is 59.9 Å². The van der Waals surface area contributed by atoms with Gasteiger partial charge in [0.25, 0.3) is 5.91 Å². The summed E-state index contributed by atoms with van der Waals surface area (Å²) in [6.07, 6.45) is -1.26. The van der Waals surface area contributed by atoms with E-state index in [4.69, 9.17) is 9.47 Å². The molecule has 0 aliphatic carbocycles. The van der Waals surface area contributed by atoms with E-state index in [2.05, 4.69) is 5.32 Å². The van der Waals surface area contributed by atoms with Crippen molar-refractivity contribution in [3.63, 3.8) is 0 Å². The second-order valence-electron chi connectivity index (χ2n) is 4.99. The van der Waals surface area contributed by atoms with Crippen molar-refractivity contribution in [2.45, 2.75) is 13.0 Å². The number of carbonyl (C=O) groups is 2. The molecule has 132 valence electrons. The predicted octanol–water partition coefficient (Wildman–Crippen LogP) is 3.05. The van der Waals surface area contributed by atoms with Crippen molar-refractivity contribution in [2.24, 2.45) is 0 Å². The van der Waals surface area contributed by atoms with Crippen LogP contribution in [0.1, 0.15) is 6.92 Å². The average Bonchev–Trinajstić information content (AvgIpc) is 2.57. The molecule has 0 spiro atoms. The van der Waals surface area contributed by atoms with Crippen LogP contribution in [0.5, 0.6) is 5.75 Å². The molecule has 2 aromatic rings. The number of halogens is 3. The summed E-state index contributed by atoms with van der Waals surface area (Å²) >= 11 is 0. The van der Waals surface area contributed by atoms with Gasteiger partial charge in [0.05, 0.1) is 5.69 Å². The number of amides is 1. The molecular weight excluding hydrogens is 339 g/mol. The Labute approximate surface area is 141 Å². The Balaban J connectivity index is 1.84. The molecule has 2 rings (SSSR count). The minimum absolute atomic E-state index is 0.247. The van der Waals surface area contributed by atoms with Crippen LogP contribution < -0.4 is 10.1 Å². The maximum atomic E-state index is 13.5. The van der Waals surface area contributed by atoms with Crippen LogP contribution in [0.15, 0.2) is 42.5 Å². The minimum Gasteiger partial charge on any atom is -0.482 e. The van der Waals surface area contributed by atoms with Gasteiger partial charge in [-0.15, -0.1) is 0 Å². The number of benzene rings is 2. The summed E-state index contributed by atoms with van der Waals surface area (Å²) < 4.78 is 49.2. The summed E-state index contributed by atoms with van der Waals surface area (Å²) in [7, 11) is 0. The molecule has 1 atom stereocenters. The Hall–Kier alpha value is -3.03. The van der Waals surface area contributed by atoms with Gasteiger partial charge in [-0.1, -0.05) is 0 Å². The lowest BCUT2D eigenvalue weighted by Crippen LogP contribution is -2.32. The smallest absolute Gasteiger partial charge is 0.344 e. The fourth-order valence-corrected chi connectivity index (χ4v) is 1.79. The molecule has 1 amide bonds. The molecule has 25 heavy (non-hydrogen) atoms. The molecule has 2 aromatic carbocycles. The summed E-state index contributed by atoms with van der Waals surface area (Å²) in [5, 5.41) is 2.12. The quantitative estimate of drug-likeness (QED) is 0.811. The molecule has 0 saturated carbocycles. The molecule has 0 radical (unpaired) electrons. The van der Waals surface area contributed by atoms with Crippen LogP contribution in [0.2, 0.25) is 0 Å². The monoisotopic (exact) mass is 353 g/mol. The van der Waals surface area contributed by atoms with Crippen molar-refractivity contribution in [1.29, 1.82) is 0 Å². The van der Waals surface area contributed by atoms with E-state index < -0.39 is 42.0 Å². The van der Waals surface area contributed by atoms with Crippen LogP contribution in [0.3, 0.4) is 0 Å². The standard InChI is InChI=1S/C17H14F3NO4/c1-10(17(23)21-15-8-12(19)4-7-14(15)20)25-16(22)9-24-13-5-2-11(18)3-6-13/h2-8,10H,9H2,1H3,(H,21,23)/t10-/m1/s1. The summed E-state index contributed by atoms with van der Waals surface area (Å²) in [4.78, 5) is 23.5. The molecule has 0 aromatic heterocycles. The van der Waals surface area contributed by atoms with Gasteiger partial charge in [0, 0.05) is 6.07 Å². The zero-order chi connectivity index (χ0) is 18.4. The number of hydrogen-bond acceptors (Lipinski definition) is 4. The molecule has 0 unspecified atom stereocenters. The number of esters is 1. The lowest BCUT2D eigenvalue weighted by molar-refractivity contribution is -0.155. The number of nitrogens with one attached hydrogen (secondary N) is 1. The summed E-state index contributed by atoms with van der Waals surface area (Å²) in [6, 6.07) is 7.53. The third kappa shape index (κ3) is 5.52. The molecule has 0 fully saturated rings. The van der Waals surface area contributed by atoms with Gasteiger partial charge in [-0.3, -0.25) is 4.79 Å². The first-order chi connectivity index (χ1) is 11.8. The van der Waals surface area contributed by atoms with E-state index in [9.17, 15) is 22.8 Å². The molecule has 0 aliphatic rings. The van der Waals surface area contributed by atoms with E-state index in [1.54, 1.807) is 0 Å². The Bertz CT molecular complexity index is 765. The van der Waals surface area contributed by atoms with E-state index in [0.29, 0.717) is 0 Å². The van der Waals surface area contributed by atoms with Crippen molar-refractivity contribution in [2.75, 3.05) is 11.9 Å². The Kier molecular flexibility index (Phi) is 5.99. The highest BCUT2D eigenvalue weighted by Crippen LogP contribution is 2.16. The van der Waals surface area contributed by atoms with Crippen LogP contribution in [-0.4, -0.2) is 24.6 Å². The fourth-order valence-electron chi connectivity index (χ4n) is 1.79. The topological polar surface area (TPSA) is 64.6 Å². The SMILES string of the molecule is C[C@@H](OC(=O)COc1ccc(F)cc1)C(=O)Nc1cc(F)ccc1F. The van der Waals surface area contributed by atoms with E-state index in [0.717, 1.165) is 30.3 Å². The fraction of sp³-hybridized carbons (Fsp3) is 0.176. The summed E-state index contributed by atoms with van der Waals surface area (Å²) in [5.41, 5.74) is -0.365. The minimum atomic E-state index is -1.26. The summed E-state index contributed by atoms with van der Waals surface area (Å²) in [6.45, 7) is 0.764. The Morgan fingerprint density at radius 3 is 2.36 bits per heavy atom. The number of anilines is 1. The highest BCUT2D eigenvalue weighted by molar-refractivity contribution is 5.95. The van der Waals surface area contributed by atoms with Gasteiger partial charge in [-0.25, -0.2) is 18.0 Å². The number of ether oxygens (including phenoxy) is 2. The van der Waals surface area contributed by atoms with Crippen molar-refractivity contribution < 1.29 is 32.2 Å². The third-order valence-electron chi connectivity index (χ3n) is 3.03. The van der Waals surface area contributed by atoms with Crippen LogP contribution in [0, 0.1) is 17.5 Å². The normalized spacial score (nSPS) is 11.5. The molecule has 0 aliphatic heterocycles. The zero-order valence-corrected chi connectivity index (χ0v) is 13.1. The van der Waals surface area contributed by atoms with E-state index in [1.807, 2.05) is 0 Å². The van der Waals surface area contributed by atoms with Gasteiger partial charge in [0.2, 0.25) is 0 Å². The molecule has 8 heteroatoms. The first kappa shape index (κ1) is 18.3. The van der Waals surface area contributed by atoms with Crippen molar-refractivity contribution in [3.8, 4) is 5.75 Å². The third-order valence-corrected chi connectivity index (χ3v) is 3.03. The van der Waals surface area contributed by atoms with Gasteiger partial charge >= 0.3 is 5.97 Å². The Morgan fingerprint density at radius 2 is 1.68 bits per heavy atom. The molecule has 0 saturated heterocycles. The predicted molar refractivity (Wildman–Crippen MR) is 82.4 cm³/mol. The van der Waals surface area contributed by atoms with Crippen LogP contribution >= 0.6 is 0 Å². The second kappa shape index (κ2) is 8.18. The molecule has 0 bridgehead atoms. The maximum absolute atomic E-state index is 13.5. The maximum Gasteiger partial charge on any atom is 0.344 e. The molecule has 5 nitrogen and oxygen atoms in total. The van der Waals surface area contributed by atoms with Gasteiger partial charge in [-0.05, 0) is 43.3 Å². The lowest BCUT2D eigenvalue weighted by Gasteiger charge is -2.14. The van der Waals surface area contributed by atoms with Crippen molar-refractivity contribution >= 4 is 17.6 Å². The number of carbonyl (C=O) groups excluding carboxylic acids is 2. The van der Waals surface area contributed by atoms with E-state index in [-0.39, 0.29) is 11.4 Å². The van der Waals surface area contributed by atoms with Gasteiger partial charge < -0.3 is 14.8 Å². The van der Waals surface area contributed by atoms with Crippen LogP contribution in [-0.2, 0) is 14.3 Å². The highest BCUT2D eigenvalue weighted by Gasteiger charge is 2.19. The zero-order valence-electron chi connectivity index (χ0n) is 13.1. The van der Waals surface area contributed by atoms with E-state index >= 15 is 0 Å². The molecule has 1 N–H and O–H groups in total. The largest absolute Gasteiger partial charge is 0.482 e. The van der Waals surface area contributed by atoms with Crippen LogP contribution in [0.25, 0.3) is 0 Å². The average molecular weight is 353 g/mol. The van der Waals surface area contributed by atoms with Gasteiger partial charge in [0.15, 0.2) is 12.7 Å². The van der Waals surface area contributed by atoms with E-state index in [1.165, 1.54) is 19.1 Å². The first-order valence-corrected chi connectivity index (χ1v) is 7.19. The van der Waals surface area contributed by atoms with Gasteiger partial charge in [-0.2, -0.15) is 0 Å². The number of hydrogen-bond donors (Lipinski definition) is 1. The second-order valence-corrected chi connectivity index (χ2v) is 4.99. The van der Waals surface area contributed by atoms with Gasteiger partial charge in [0.1, 0.15) is 23.2 Å². The lowest BCUT2D eigenvalue weighted by atomic mass is 10.2. The molecule has 0 heterocycles. The first-order valence-electron chi connectivity index (χ1n) is 7.19. The number of rotatable bonds is 6. The van der Waals surface area contributed by atoms with Crippen molar-refractivity contribution in [1.82, 2.24) is 0 Å². The Morgan fingerprint density at radius 1 is 1.04 bits per heavy atom. The highest BCUT2D eigenvalue weighted by atomic mass is 19.1. The van der Waals surface area contributed by atoms with Crippen LogP contribution in [0.4, 0.5) is 18.9 Å². The summed E-state index contributed by atoms with van der Waals surface area (Å²) in [5.74, 6) is -3.45.